The molecule has 10 heteroatoms. The van der Waals surface area contributed by atoms with Crippen LogP contribution in [0.4, 0.5) is 0 Å². The quantitative estimate of drug-likeness (QED) is 0.426. The Hall–Kier alpha value is -3.01. The minimum atomic E-state index is -0.746. The molecule has 1 aromatic heterocycles. The van der Waals surface area contributed by atoms with Gasteiger partial charge in [0.1, 0.15) is 11.4 Å². The average Bonchev–Trinajstić information content (AvgIpc) is 2.90. The Balaban J connectivity index is 1.69. The first-order valence-corrected chi connectivity index (χ1v) is 14.9. The third kappa shape index (κ3) is 10.7. The Morgan fingerprint density at radius 2 is 1.78 bits per heavy atom. The number of nitrogens with one attached hydrogen (secondary N) is 2. The van der Waals surface area contributed by atoms with Crippen LogP contribution in [-0.2, 0) is 23.9 Å². The van der Waals surface area contributed by atoms with E-state index in [0.717, 1.165) is 38.8 Å². The lowest BCUT2D eigenvalue weighted by atomic mass is 9.92. The zero-order chi connectivity index (χ0) is 30.2. The zero-order valence-corrected chi connectivity index (χ0v) is 25.6. The summed E-state index contributed by atoms with van der Waals surface area (Å²) in [4.78, 5) is 57.7. The molecule has 41 heavy (non-hydrogen) atoms. The maximum atomic E-state index is 13.5. The lowest BCUT2D eigenvalue weighted by Gasteiger charge is -2.33. The predicted octanol–water partition coefficient (Wildman–Crippen LogP) is 3.94. The van der Waals surface area contributed by atoms with Crippen molar-refractivity contribution in [1.29, 1.82) is 0 Å². The molecule has 2 saturated heterocycles. The molecule has 10 nitrogen and oxygen atoms in total. The molecule has 0 unspecified atom stereocenters. The highest BCUT2D eigenvalue weighted by atomic mass is 16.6. The number of carbonyl (C=O) groups is 4. The van der Waals surface area contributed by atoms with E-state index in [1.54, 1.807) is 53.8 Å². The smallest absolute Gasteiger partial charge is 0.316 e. The van der Waals surface area contributed by atoms with Crippen molar-refractivity contribution in [3.8, 4) is 5.75 Å². The average molecular weight is 573 g/mol. The van der Waals surface area contributed by atoms with Crippen LogP contribution < -0.4 is 15.4 Å². The molecule has 2 aliphatic heterocycles. The summed E-state index contributed by atoms with van der Waals surface area (Å²) in [7, 11) is 0. The van der Waals surface area contributed by atoms with Gasteiger partial charge in [0.25, 0.3) is 0 Å². The summed E-state index contributed by atoms with van der Waals surface area (Å²) < 4.78 is 11.0. The van der Waals surface area contributed by atoms with Gasteiger partial charge in [-0.3, -0.25) is 24.2 Å². The van der Waals surface area contributed by atoms with Crippen LogP contribution in [0, 0.1) is 17.3 Å². The van der Waals surface area contributed by atoms with Crippen LogP contribution in [0.15, 0.2) is 18.5 Å². The van der Waals surface area contributed by atoms with Crippen LogP contribution in [0.25, 0.3) is 0 Å². The predicted molar refractivity (Wildman–Crippen MR) is 155 cm³/mol. The lowest BCUT2D eigenvalue weighted by Crippen LogP contribution is -2.46. The topological polar surface area (TPSA) is 127 Å². The Kier molecular flexibility index (Phi) is 11.3. The summed E-state index contributed by atoms with van der Waals surface area (Å²) in [6.45, 7) is 13.6. The molecule has 2 fully saturated rings. The number of amides is 2. The van der Waals surface area contributed by atoms with E-state index in [9.17, 15) is 19.2 Å². The van der Waals surface area contributed by atoms with Crippen molar-refractivity contribution >= 4 is 23.8 Å². The minimum absolute atomic E-state index is 0.101. The Labute approximate surface area is 244 Å². The van der Waals surface area contributed by atoms with Crippen LogP contribution >= 0.6 is 0 Å². The van der Waals surface area contributed by atoms with Gasteiger partial charge >= 0.3 is 11.9 Å². The van der Waals surface area contributed by atoms with Gasteiger partial charge in [0.2, 0.25) is 11.8 Å². The fraction of sp³-hybridized carbons (Fsp3) is 0.710. The molecular weight excluding hydrogens is 524 g/mol. The summed E-state index contributed by atoms with van der Waals surface area (Å²) in [5.41, 5.74) is -0.876. The van der Waals surface area contributed by atoms with Crippen molar-refractivity contribution in [3.63, 3.8) is 0 Å². The zero-order valence-electron chi connectivity index (χ0n) is 25.6. The highest BCUT2D eigenvalue weighted by Gasteiger charge is 2.32. The molecule has 2 aliphatic rings. The van der Waals surface area contributed by atoms with E-state index < -0.39 is 29.0 Å². The number of hydrogen-bond donors (Lipinski definition) is 2. The van der Waals surface area contributed by atoms with E-state index >= 15 is 0 Å². The van der Waals surface area contributed by atoms with E-state index in [0.29, 0.717) is 37.4 Å². The molecule has 0 bridgehead atoms. The van der Waals surface area contributed by atoms with Gasteiger partial charge in [-0.2, -0.15) is 0 Å². The molecule has 0 aromatic carbocycles. The normalized spacial score (nSPS) is 19.3. The third-order valence-corrected chi connectivity index (χ3v) is 7.44. The summed E-state index contributed by atoms with van der Waals surface area (Å²) in [5, 5.41) is 6.36. The van der Waals surface area contributed by atoms with E-state index in [1.807, 2.05) is 4.90 Å². The number of aromatic nitrogens is 1. The van der Waals surface area contributed by atoms with Crippen molar-refractivity contribution in [2.24, 2.45) is 17.3 Å². The second-order valence-electron chi connectivity index (χ2n) is 13.4. The van der Waals surface area contributed by atoms with Crippen molar-refractivity contribution in [1.82, 2.24) is 20.5 Å². The van der Waals surface area contributed by atoms with Crippen LogP contribution in [0.2, 0.25) is 0 Å². The van der Waals surface area contributed by atoms with E-state index in [4.69, 9.17) is 9.47 Å². The fourth-order valence-electron chi connectivity index (χ4n) is 5.11. The molecule has 0 radical (unpaired) electrons. The fourth-order valence-corrected chi connectivity index (χ4v) is 5.11. The highest BCUT2D eigenvalue weighted by molar-refractivity contribution is 5.82. The SMILES string of the molecule is CC(C)(C)OC(=O)C[C@H](NC(=O)[C@@H]1CCCN(C(=O)CCC2CCNCC2)C1)c1cncc(OC(=O)C(C)(C)C)c1. The van der Waals surface area contributed by atoms with E-state index in [-0.39, 0.29) is 29.9 Å². The van der Waals surface area contributed by atoms with Crippen LogP contribution in [0.3, 0.4) is 0 Å². The highest BCUT2D eigenvalue weighted by Crippen LogP contribution is 2.27. The van der Waals surface area contributed by atoms with Gasteiger partial charge < -0.3 is 25.0 Å². The molecule has 3 heterocycles. The van der Waals surface area contributed by atoms with Crippen molar-refractivity contribution in [2.45, 2.75) is 98.1 Å². The molecule has 3 rings (SSSR count). The van der Waals surface area contributed by atoms with Crippen LogP contribution in [0.1, 0.15) is 98.1 Å². The van der Waals surface area contributed by atoms with Gasteiger partial charge in [-0.15, -0.1) is 0 Å². The number of piperidine rings is 2. The van der Waals surface area contributed by atoms with Crippen molar-refractivity contribution in [2.75, 3.05) is 26.2 Å². The first kappa shape index (κ1) is 32.5. The van der Waals surface area contributed by atoms with Crippen LogP contribution in [-0.4, -0.2) is 65.4 Å². The van der Waals surface area contributed by atoms with Gasteiger partial charge in [-0.25, -0.2) is 0 Å². The standard InChI is InChI=1S/C31H48N4O6/c1-30(2,3)29(39)40-24-16-23(18-33-19-24)25(17-27(37)41-31(4,5)6)34-28(38)22-8-7-15-35(20-22)26(36)10-9-21-11-13-32-14-12-21/h16,18-19,21-22,25,32H,7-15,17,20H2,1-6H3,(H,34,38)/t22-,25+/m1/s1. The Morgan fingerprint density at radius 3 is 2.44 bits per heavy atom. The van der Waals surface area contributed by atoms with E-state index in [1.165, 1.54) is 6.20 Å². The Morgan fingerprint density at radius 1 is 1.07 bits per heavy atom. The summed E-state index contributed by atoms with van der Waals surface area (Å²) in [6.07, 6.45) is 7.84. The van der Waals surface area contributed by atoms with Gasteiger partial charge in [-0.1, -0.05) is 0 Å². The molecule has 0 saturated carbocycles. The molecule has 228 valence electrons. The monoisotopic (exact) mass is 572 g/mol. The third-order valence-electron chi connectivity index (χ3n) is 7.44. The molecule has 0 spiro atoms. The van der Waals surface area contributed by atoms with Crippen molar-refractivity contribution in [3.05, 3.63) is 24.0 Å². The maximum Gasteiger partial charge on any atom is 0.316 e. The molecule has 1 aromatic rings. The van der Waals surface area contributed by atoms with Gasteiger partial charge in [0.15, 0.2) is 0 Å². The molecule has 2 atom stereocenters. The second-order valence-corrected chi connectivity index (χ2v) is 13.4. The maximum absolute atomic E-state index is 13.5. The van der Waals surface area contributed by atoms with Gasteiger partial charge in [-0.05, 0) is 104 Å². The Bertz CT molecular complexity index is 1070. The largest absolute Gasteiger partial charge is 0.460 e. The number of carbonyl (C=O) groups excluding carboxylic acids is 4. The summed E-state index contributed by atoms with van der Waals surface area (Å²) in [6, 6.07) is 0.868. The number of hydrogen-bond acceptors (Lipinski definition) is 8. The first-order chi connectivity index (χ1) is 19.2. The molecular formula is C31H48N4O6. The minimum Gasteiger partial charge on any atom is -0.460 e. The molecule has 2 N–H and O–H groups in total. The number of rotatable bonds is 9. The van der Waals surface area contributed by atoms with E-state index in [2.05, 4.69) is 15.6 Å². The van der Waals surface area contributed by atoms with Crippen LogP contribution in [0.5, 0.6) is 5.75 Å². The number of pyridine rings is 1. The summed E-state index contributed by atoms with van der Waals surface area (Å²) >= 11 is 0. The first-order valence-electron chi connectivity index (χ1n) is 14.9. The number of likely N-dealkylation sites (tertiary alicyclic amines) is 1. The molecule has 2 amide bonds. The second kappa shape index (κ2) is 14.2. The van der Waals surface area contributed by atoms with Gasteiger partial charge in [0, 0.05) is 25.7 Å². The van der Waals surface area contributed by atoms with Crippen molar-refractivity contribution < 1.29 is 28.7 Å². The number of esters is 2. The number of nitrogens with zero attached hydrogens (tertiary/aromatic N) is 2. The number of ether oxygens (including phenoxy) is 2. The lowest BCUT2D eigenvalue weighted by molar-refractivity contribution is -0.155. The molecule has 0 aliphatic carbocycles. The van der Waals surface area contributed by atoms with Gasteiger partial charge in [0.05, 0.1) is 30.0 Å². The summed E-state index contributed by atoms with van der Waals surface area (Å²) in [5.74, 6) is -0.605.